The van der Waals surface area contributed by atoms with E-state index in [1.807, 2.05) is 12.1 Å². The van der Waals surface area contributed by atoms with Crippen LogP contribution in [0.15, 0.2) is 47.5 Å². The molecule has 0 aliphatic carbocycles. The Balaban J connectivity index is 1.29. The quantitative estimate of drug-likeness (QED) is 0.701. The number of rotatable bonds is 5. The van der Waals surface area contributed by atoms with Gasteiger partial charge in [0.25, 0.3) is 5.56 Å². The van der Waals surface area contributed by atoms with Gasteiger partial charge in [0.1, 0.15) is 0 Å². The molecule has 0 atom stereocenters. The lowest BCUT2D eigenvalue weighted by atomic mass is 10.1. The van der Waals surface area contributed by atoms with Crippen LogP contribution >= 0.6 is 0 Å². The monoisotopic (exact) mass is 367 g/mol. The summed E-state index contributed by atoms with van der Waals surface area (Å²) in [7, 11) is 0. The zero-order chi connectivity index (χ0) is 18.6. The number of anilines is 1. The highest BCUT2D eigenvalue weighted by atomic mass is 19.1. The molecule has 6 nitrogen and oxygen atoms in total. The minimum atomic E-state index is -0.436. The summed E-state index contributed by atoms with van der Waals surface area (Å²) in [5.74, 6) is -0.436. The molecule has 0 aromatic carbocycles. The highest BCUT2D eigenvalue weighted by molar-refractivity contribution is 5.77. The largest absolute Gasteiger partial charge is 0.369 e. The van der Waals surface area contributed by atoms with Crippen LogP contribution in [0.3, 0.4) is 0 Å². The van der Waals surface area contributed by atoms with Gasteiger partial charge in [-0.2, -0.15) is 4.39 Å². The van der Waals surface area contributed by atoms with Crippen molar-refractivity contribution < 1.29 is 4.39 Å². The first kappa shape index (κ1) is 17.6. The van der Waals surface area contributed by atoms with E-state index < -0.39 is 5.95 Å². The molecule has 1 N–H and O–H groups in total. The molecule has 27 heavy (non-hydrogen) atoms. The summed E-state index contributed by atoms with van der Waals surface area (Å²) in [6.45, 7) is 4.61. The minimum Gasteiger partial charge on any atom is -0.369 e. The molecule has 140 valence electrons. The first-order valence-corrected chi connectivity index (χ1v) is 9.25. The molecule has 7 heteroatoms. The second-order valence-electron chi connectivity index (χ2n) is 6.83. The van der Waals surface area contributed by atoms with E-state index in [0.717, 1.165) is 62.5 Å². The maximum atomic E-state index is 13.3. The summed E-state index contributed by atoms with van der Waals surface area (Å²) in [4.78, 5) is 27.6. The summed E-state index contributed by atoms with van der Waals surface area (Å²) in [6, 6.07) is 8.87. The summed E-state index contributed by atoms with van der Waals surface area (Å²) in [5, 5.41) is 0.630. The van der Waals surface area contributed by atoms with Crippen molar-refractivity contribution in [2.24, 2.45) is 0 Å². The van der Waals surface area contributed by atoms with Crippen molar-refractivity contribution in [1.82, 2.24) is 19.9 Å². The van der Waals surface area contributed by atoms with Crippen LogP contribution in [0.1, 0.15) is 12.1 Å². The molecular formula is C20H22FN5O. The van der Waals surface area contributed by atoms with Crippen molar-refractivity contribution in [2.45, 2.75) is 12.8 Å². The summed E-state index contributed by atoms with van der Waals surface area (Å²) in [6.07, 6.45) is 5.01. The number of aromatic nitrogens is 3. The van der Waals surface area contributed by atoms with Gasteiger partial charge in [0.15, 0.2) is 0 Å². The van der Waals surface area contributed by atoms with Crippen LogP contribution in [0.2, 0.25) is 0 Å². The number of nitrogens with one attached hydrogen (secondary N) is 1. The van der Waals surface area contributed by atoms with E-state index in [1.165, 1.54) is 12.3 Å². The molecule has 1 aliphatic heterocycles. The van der Waals surface area contributed by atoms with Crippen LogP contribution in [0.5, 0.6) is 0 Å². The lowest BCUT2D eigenvalue weighted by molar-refractivity contribution is 0.255. The molecule has 1 saturated heterocycles. The van der Waals surface area contributed by atoms with Gasteiger partial charge in [-0.25, -0.2) is 4.98 Å². The van der Waals surface area contributed by atoms with Crippen LogP contribution in [-0.2, 0) is 6.42 Å². The number of pyridine rings is 3. The van der Waals surface area contributed by atoms with Gasteiger partial charge in [-0.3, -0.25) is 14.7 Å². The molecule has 0 amide bonds. The van der Waals surface area contributed by atoms with E-state index >= 15 is 0 Å². The number of aromatic amines is 1. The number of fused-ring (bicyclic) bond motifs is 1. The molecule has 0 spiro atoms. The second kappa shape index (κ2) is 7.84. The standard InChI is InChI=1S/C20H22FN5O/c21-19-14-16(5-7-23-19)26-11-9-25(10-12-26)8-2-3-15-13-18-17(20(27)24-15)4-1-6-22-18/h1,4-7,13-14H,2-3,8-12H2,(H,24,27). The fraction of sp³-hybridized carbons (Fsp3) is 0.350. The normalized spacial score (nSPS) is 15.4. The Morgan fingerprint density at radius 2 is 1.93 bits per heavy atom. The van der Waals surface area contributed by atoms with Gasteiger partial charge in [0, 0.05) is 56.0 Å². The van der Waals surface area contributed by atoms with E-state index in [9.17, 15) is 9.18 Å². The SMILES string of the molecule is O=c1[nH]c(CCCN2CCN(c3ccnc(F)c3)CC2)cc2ncccc12. The Bertz CT molecular complexity index is 981. The van der Waals surface area contributed by atoms with Crippen molar-refractivity contribution in [2.75, 3.05) is 37.6 Å². The predicted molar refractivity (Wildman–Crippen MR) is 104 cm³/mol. The molecule has 0 bridgehead atoms. The van der Waals surface area contributed by atoms with E-state index in [1.54, 1.807) is 18.3 Å². The molecule has 4 rings (SSSR count). The smallest absolute Gasteiger partial charge is 0.257 e. The maximum Gasteiger partial charge on any atom is 0.257 e. The Kier molecular flexibility index (Phi) is 5.11. The van der Waals surface area contributed by atoms with Crippen LogP contribution in [0.25, 0.3) is 10.9 Å². The van der Waals surface area contributed by atoms with Gasteiger partial charge < -0.3 is 9.88 Å². The van der Waals surface area contributed by atoms with Crippen molar-refractivity contribution in [3.8, 4) is 0 Å². The Morgan fingerprint density at radius 3 is 2.74 bits per heavy atom. The molecule has 3 aromatic rings. The number of hydrogen-bond donors (Lipinski definition) is 1. The molecule has 4 heterocycles. The fourth-order valence-corrected chi connectivity index (χ4v) is 3.59. The molecule has 1 fully saturated rings. The lowest BCUT2D eigenvalue weighted by Gasteiger charge is -2.36. The van der Waals surface area contributed by atoms with Crippen molar-refractivity contribution in [3.05, 3.63) is 64.7 Å². The van der Waals surface area contributed by atoms with E-state index in [4.69, 9.17) is 0 Å². The first-order chi connectivity index (χ1) is 13.2. The minimum absolute atomic E-state index is 0.0752. The summed E-state index contributed by atoms with van der Waals surface area (Å²) in [5.41, 5.74) is 2.49. The lowest BCUT2D eigenvalue weighted by Crippen LogP contribution is -2.46. The summed E-state index contributed by atoms with van der Waals surface area (Å²) >= 11 is 0. The number of aryl methyl sites for hydroxylation is 1. The number of hydrogen-bond acceptors (Lipinski definition) is 5. The Labute approximate surface area is 156 Å². The number of halogens is 1. The topological polar surface area (TPSA) is 65.1 Å². The average Bonchev–Trinajstić information content (AvgIpc) is 2.69. The van der Waals surface area contributed by atoms with Gasteiger partial charge in [0.05, 0.1) is 10.9 Å². The van der Waals surface area contributed by atoms with Gasteiger partial charge >= 0.3 is 0 Å². The Hall–Kier alpha value is -2.80. The molecule has 0 radical (unpaired) electrons. The predicted octanol–water partition coefficient (Wildman–Crippen LogP) is 2.21. The molecule has 1 aliphatic rings. The molecular weight excluding hydrogens is 345 g/mol. The fourth-order valence-electron chi connectivity index (χ4n) is 3.59. The zero-order valence-corrected chi connectivity index (χ0v) is 15.1. The van der Waals surface area contributed by atoms with Gasteiger partial charge in [-0.15, -0.1) is 0 Å². The molecule has 0 unspecified atom stereocenters. The highest BCUT2D eigenvalue weighted by Gasteiger charge is 2.17. The third-order valence-corrected chi connectivity index (χ3v) is 5.04. The highest BCUT2D eigenvalue weighted by Crippen LogP contribution is 2.16. The zero-order valence-electron chi connectivity index (χ0n) is 15.1. The van der Waals surface area contributed by atoms with E-state index in [-0.39, 0.29) is 5.56 Å². The van der Waals surface area contributed by atoms with Crippen LogP contribution in [0.4, 0.5) is 10.1 Å². The Morgan fingerprint density at radius 1 is 1.07 bits per heavy atom. The van der Waals surface area contributed by atoms with Crippen LogP contribution in [0, 0.1) is 5.95 Å². The third-order valence-electron chi connectivity index (χ3n) is 5.04. The van der Waals surface area contributed by atoms with Gasteiger partial charge in [-0.1, -0.05) is 0 Å². The maximum absolute atomic E-state index is 13.3. The van der Waals surface area contributed by atoms with Crippen LogP contribution in [-0.4, -0.2) is 52.6 Å². The van der Waals surface area contributed by atoms with Crippen molar-refractivity contribution in [3.63, 3.8) is 0 Å². The summed E-state index contributed by atoms with van der Waals surface area (Å²) < 4.78 is 13.3. The van der Waals surface area contributed by atoms with E-state index in [0.29, 0.717) is 5.39 Å². The van der Waals surface area contributed by atoms with Crippen molar-refractivity contribution in [1.29, 1.82) is 0 Å². The average molecular weight is 367 g/mol. The first-order valence-electron chi connectivity index (χ1n) is 9.25. The molecule has 3 aromatic heterocycles. The van der Waals surface area contributed by atoms with Gasteiger partial charge in [0.2, 0.25) is 5.95 Å². The number of piperazine rings is 1. The number of nitrogens with zero attached hydrogens (tertiary/aromatic N) is 4. The van der Waals surface area contributed by atoms with Gasteiger partial charge in [-0.05, 0) is 43.7 Å². The van der Waals surface area contributed by atoms with Crippen LogP contribution < -0.4 is 10.5 Å². The third kappa shape index (κ3) is 4.14. The second-order valence-corrected chi connectivity index (χ2v) is 6.83. The molecule has 0 saturated carbocycles. The van der Waals surface area contributed by atoms with Crippen molar-refractivity contribution >= 4 is 16.6 Å². The van der Waals surface area contributed by atoms with E-state index in [2.05, 4.69) is 24.8 Å². The number of H-pyrrole nitrogens is 1.